The lowest BCUT2D eigenvalue weighted by Crippen LogP contribution is -1.77. The van der Waals surface area contributed by atoms with Gasteiger partial charge in [-0.15, -0.1) is 11.6 Å². The van der Waals surface area contributed by atoms with Crippen molar-refractivity contribution in [2.75, 3.05) is 12.5 Å². The zero-order valence-corrected chi connectivity index (χ0v) is 6.98. The van der Waals surface area contributed by atoms with E-state index < -0.39 is 0 Å². The third-order valence-corrected chi connectivity index (χ3v) is 1.48. The van der Waals surface area contributed by atoms with E-state index in [1.54, 1.807) is 0 Å². The van der Waals surface area contributed by atoms with Gasteiger partial charge in [0.2, 0.25) is 0 Å². The second-order valence-electron chi connectivity index (χ2n) is 2.17. The molecule has 0 rings (SSSR count). The Kier molecular flexibility index (Phi) is 8.98. The quantitative estimate of drug-likeness (QED) is 0.361. The third-order valence-electron chi connectivity index (χ3n) is 1.22. The molecule has 0 unspecified atom stereocenters. The largest absolute Gasteiger partial charge is 0.396 e. The van der Waals surface area contributed by atoms with E-state index in [9.17, 15) is 0 Å². The van der Waals surface area contributed by atoms with Crippen LogP contribution in [0.3, 0.4) is 0 Å². The molecule has 10 heavy (non-hydrogen) atoms. The lowest BCUT2D eigenvalue weighted by molar-refractivity contribution is 0.302. The van der Waals surface area contributed by atoms with E-state index in [-0.39, 0.29) is 6.61 Å². The van der Waals surface area contributed by atoms with Crippen LogP contribution in [0.25, 0.3) is 0 Å². The van der Waals surface area contributed by atoms with Gasteiger partial charge in [-0.1, -0.05) is 12.2 Å². The third kappa shape index (κ3) is 7.99. The van der Waals surface area contributed by atoms with Crippen molar-refractivity contribution in [2.24, 2.45) is 0 Å². The van der Waals surface area contributed by atoms with E-state index in [2.05, 4.69) is 6.08 Å². The topological polar surface area (TPSA) is 20.2 Å². The molecule has 1 nitrogen and oxygen atoms in total. The molecule has 0 aliphatic rings. The van der Waals surface area contributed by atoms with Gasteiger partial charge in [0.25, 0.3) is 0 Å². The molecule has 0 bridgehead atoms. The average Bonchev–Trinajstić information content (AvgIpc) is 1.97. The van der Waals surface area contributed by atoms with E-state index in [1.807, 2.05) is 6.08 Å². The van der Waals surface area contributed by atoms with Crippen molar-refractivity contribution < 1.29 is 5.11 Å². The number of aliphatic hydroxyl groups excluding tert-OH is 1. The number of allylic oxidation sites excluding steroid dienone is 1. The fourth-order valence-electron chi connectivity index (χ4n) is 0.667. The number of hydrogen-bond donors (Lipinski definition) is 1. The van der Waals surface area contributed by atoms with E-state index in [0.717, 1.165) is 31.6 Å². The normalized spacial score (nSPS) is 11.0. The Labute approximate surface area is 67.7 Å². The van der Waals surface area contributed by atoms with E-state index in [4.69, 9.17) is 16.7 Å². The standard InChI is InChI=1S/C8H15ClO/c9-7-5-3-1-2-4-6-8-10/h2,4,10H,1,3,5-8H2/b4-2+. The van der Waals surface area contributed by atoms with Gasteiger partial charge >= 0.3 is 0 Å². The van der Waals surface area contributed by atoms with Gasteiger partial charge in [-0.25, -0.2) is 0 Å². The molecular formula is C8H15ClO. The predicted molar refractivity (Wildman–Crippen MR) is 45.4 cm³/mol. The summed E-state index contributed by atoms with van der Waals surface area (Å²) in [5, 5.41) is 8.40. The van der Waals surface area contributed by atoms with Crippen LogP contribution in [0.15, 0.2) is 12.2 Å². The summed E-state index contributed by atoms with van der Waals surface area (Å²) in [5.74, 6) is 0.758. The summed E-state index contributed by atoms with van der Waals surface area (Å²) in [5.41, 5.74) is 0. The van der Waals surface area contributed by atoms with Gasteiger partial charge in [-0.3, -0.25) is 0 Å². The molecular weight excluding hydrogens is 148 g/mol. The number of aliphatic hydroxyl groups is 1. The first kappa shape index (κ1) is 9.99. The molecule has 0 aliphatic carbocycles. The van der Waals surface area contributed by atoms with Gasteiger partial charge in [0.15, 0.2) is 0 Å². The Bertz CT molecular complexity index is 81.3. The minimum Gasteiger partial charge on any atom is -0.396 e. The molecule has 0 aromatic rings. The fraction of sp³-hybridized carbons (Fsp3) is 0.750. The number of hydrogen-bond acceptors (Lipinski definition) is 1. The van der Waals surface area contributed by atoms with Crippen molar-refractivity contribution in [3.05, 3.63) is 12.2 Å². The maximum atomic E-state index is 8.40. The Morgan fingerprint density at radius 1 is 1.10 bits per heavy atom. The summed E-state index contributed by atoms with van der Waals surface area (Å²) in [6.45, 7) is 0.256. The SMILES string of the molecule is OCC/C=C/CCCCCl. The fourth-order valence-corrected chi connectivity index (χ4v) is 0.856. The smallest absolute Gasteiger partial charge is 0.0465 e. The highest BCUT2D eigenvalue weighted by molar-refractivity contribution is 6.17. The molecule has 0 fully saturated rings. The average molecular weight is 163 g/mol. The van der Waals surface area contributed by atoms with Crippen LogP contribution in [0.5, 0.6) is 0 Å². The van der Waals surface area contributed by atoms with Crippen LogP contribution in [0.2, 0.25) is 0 Å². The highest BCUT2D eigenvalue weighted by atomic mass is 35.5. The van der Waals surface area contributed by atoms with Crippen LogP contribution >= 0.6 is 11.6 Å². The zero-order valence-electron chi connectivity index (χ0n) is 6.22. The molecule has 0 atom stereocenters. The van der Waals surface area contributed by atoms with E-state index >= 15 is 0 Å². The summed E-state index contributed by atoms with van der Waals surface area (Å²) in [6, 6.07) is 0. The van der Waals surface area contributed by atoms with Crippen molar-refractivity contribution in [3.63, 3.8) is 0 Å². The van der Waals surface area contributed by atoms with Gasteiger partial charge < -0.3 is 5.11 Å². The minimum atomic E-state index is 0.256. The van der Waals surface area contributed by atoms with Gasteiger partial charge in [0.05, 0.1) is 0 Å². The molecule has 0 spiro atoms. The molecule has 1 N–H and O–H groups in total. The Hall–Kier alpha value is -0.0100. The molecule has 0 amide bonds. The Morgan fingerprint density at radius 3 is 2.40 bits per heavy atom. The van der Waals surface area contributed by atoms with E-state index in [1.165, 1.54) is 0 Å². The van der Waals surface area contributed by atoms with Crippen molar-refractivity contribution in [2.45, 2.75) is 25.7 Å². The van der Waals surface area contributed by atoms with Gasteiger partial charge in [-0.2, -0.15) is 0 Å². The number of unbranched alkanes of at least 4 members (excludes halogenated alkanes) is 2. The van der Waals surface area contributed by atoms with Gasteiger partial charge in [0.1, 0.15) is 0 Å². The van der Waals surface area contributed by atoms with Crippen LogP contribution in [0.1, 0.15) is 25.7 Å². The second-order valence-corrected chi connectivity index (χ2v) is 2.55. The van der Waals surface area contributed by atoms with Crippen LogP contribution in [0.4, 0.5) is 0 Å². The minimum absolute atomic E-state index is 0.256. The maximum absolute atomic E-state index is 8.40. The van der Waals surface area contributed by atoms with Gasteiger partial charge in [0, 0.05) is 12.5 Å². The number of rotatable bonds is 6. The number of alkyl halides is 1. The zero-order chi connectivity index (χ0) is 7.66. The maximum Gasteiger partial charge on any atom is 0.0465 e. The predicted octanol–water partition coefficient (Wildman–Crippen LogP) is 2.33. The highest BCUT2D eigenvalue weighted by Crippen LogP contribution is 1.98. The molecule has 0 heterocycles. The molecule has 2 heteroatoms. The molecule has 60 valence electrons. The Morgan fingerprint density at radius 2 is 1.80 bits per heavy atom. The Balaban J connectivity index is 2.88. The highest BCUT2D eigenvalue weighted by Gasteiger charge is 1.81. The summed E-state index contributed by atoms with van der Waals surface area (Å²) in [4.78, 5) is 0. The summed E-state index contributed by atoms with van der Waals surface area (Å²) >= 11 is 5.48. The van der Waals surface area contributed by atoms with Crippen molar-refractivity contribution in [3.8, 4) is 0 Å². The van der Waals surface area contributed by atoms with E-state index in [0.29, 0.717) is 0 Å². The van der Waals surface area contributed by atoms with Crippen LogP contribution < -0.4 is 0 Å². The molecule has 0 saturated heterocycles. The first-order valence-electron chi connectivity index (χ1n) is 3.73. The molecule has 0 aromatic carbocycles. The summed E-state index contributed by atoms with van der Waals surface area (Å²) in [6.07, 6.45) is 8.22. The van der Waals surface area contributed by atoms with Crippen LogP contribution in [-0.4, -0.2) is 17.6 Å². The van der Waals surface area contributed by atoms with Crippen LogP contribution in [-0.2, 0) is 0 Å². The second kappa shape index (κ2) is 8.99. The summed E-state index contributed by atoms with van der Waals surface area (Å²) < 4.78 is 0. The lowest BCUT2D eigenvalue weighted by atomic mass is 10.2. The lowest BCUT2D eigenvalue weighted by Gasteiger charge is -1.89. The molecule has 0 saturated carbocycles. The summed E-state index contributed by atoms with van der Waals surface area (Å²) in [7, 11) is 0. The molecule has 0 aromatic heterocycles. The molecule has 0 radical (unpaired) electrons. The van der Waals surface area contributed by atoms with Crippen molar-refractivity contribution in [1.82, 2.24) is 0 Å². The van der Waals surface area contributed by atoms with Crippen molar-refractivity contribution >= 4 is 11.6 Å². The first-order chi connectivity index (χ1) is 4.91. The van der Waals surface area contributed by atoms with Crippen molar-refractivity contribution in [1.29, 1.82) is 0 Å². The first-order valence-corrected chi connectivity index (χ1v) is 4.27. The van der Waals surface area contributed by atoms with Gasteiger partial charge in [-0.05, 0) is 25.7 Å². The monoisotopic (exact) mass is 162 g/mol. The molecule has 0 aliphatic heterocycles. The number of halogens is 1. The van der Waals surface area contributed by atoms with Crippen LogP contribution in [0, 0.1) is 0 Å².